The Labute approximate surface area is 216 Å². The molecule has 37 heavy (non-hydrogen) atoms. The molecule has 2 aliphatic rings. The number of dihydropyridines is 1. The third kappa shape index (κ3) is 4.85. The number of halogens is 3. The molecular weight excluding hydrogens is 497 g/mol. The van der Waals surface area contributed by atoms with Gasteiger partial charge in [-0.3, -0.25) is 9.59 Å². The summed E-state index contributed by atoms with van der Waals surface area (Å²) in [4.78, 5) is 28.1. The minimum Gasteiger partial charge on any atom is -0.362 e. The van der Waals surface area contributed by atoms with Gasteiger partial charge in [-0.05, 0) is 67.0 Å². The van der Waals surface area contributed by atoms with Gasteiger partial charge in [-0.15, -0.1) is 11.3 Å². The second kappa shape index (κ2) is 9.67. The average Bonchev–Trinajstić information content (AvgIpc) is 3.28. The van der Waals surface area contributed by atoms with E-state index < -0.39 is 23.6 Å². The van der Waals surface area contributed by atoms with Crippen molar-refractivity contribution in [2.45, 2.75) is 44.7 Å². The molecule has 0 fully saturated rings. The van der Waals surface area contributed by atoms with Gasteiger partial charge in [0, 0.05) is 39.5 Å². The molecule has 2 atom stereocenters. The van der Waals surface area contributed by atoms with Crippen LogP contribution in [-0.4, -0.2) is 11.7 Å². The van der Waals surface area contributed by atoms with E-state index in [1.165, 1.54) is 23.5 Å². The van der Waals surface area contributed by atoms with Crippen LogP contribution in [0, 0.1) is 6.92 Å². The van der Waals surface area contributed by atoms with Crippen molar-refractivity contribution in [3.05, 3.63) is 110 Å². The Bertz CT molecular complexity index is 1440. The Hall–Kier alpha value is -3.65. The number of hydrogen-bond donors (Lipinski definition) is 2. The predicted molar refractivity (Wildman–Crippen MR) is 138 cm³/mol. The molecule has 1 amide bonds. The lowest BCUT2D eigenvalue weighted by molar-refractivity contribution is -0.137. The number of allylic oxidation sites excluding steroid dienone is 3. The first-order valence-corrected chi connectivity index (χ1v) is 12.8. The number of rotatable bonds is 4. The average molecular weight is 523 g/mol. The number of benzene rings is 2. The van der Waals surface area contributed by atoms with Gasteiger partial charge in [-0.2, -0.15) is 13.2 Å². The first-order valence-electron chi connectivity index (χ1n) is 11.9. The van der Waals surface area contributed by atoms with Crippen LogP contribution in [0.15, 0.2) is 88.6 Å². The number of aryl methyl sites for hydroxylation is 1. The van der Waals surface area contributed by atoms with E-state index in [2.05, 4.69) is 10.6 Å². The molecular formula is C29H25F3N2O2S. The van der Waals surface area contributed by atoms with Crippen LogP contribution in [0.1, 0.15) is 53.2 Å². The van der Waals surface area contributed by atoms with Crippen molar-refractivity contribution >= 4 is 28.7 Å². The molecule has 0 unspecified atom stereocenters. The highest BCUT2D eigenvalue weighted by Crippen LogP contribution is 2.47. The lowest BCUT2D eigenvalue weighted by Crippen LogP contribution is -2.37. The summed E-state index contributed by atoms with van der Waals surface area (Å²) in [6, 6.07) is 16.4. The van der Waals surface area contributed by atoms with Gasteiger partial charge in [-0.1, -0.05) is 36.4 Å². The number of nitrogens with one attached hydrogen (secondary N) is 2. The minimum absolute atomic E-state index is 0.0262. The molecule has 0 spiro atoms. The van der Waals surface area contributed by atoms with Crippen molar-refractivity contribution in [2.24, 2.45) is 0 Å². The monoisotopic (exact) mass is 522 g/mol. The summed E-state index contributed by atoms with van der Waals surface area (Å²) in [7, 11) is 0. The third-order valence-electron chi connectivity index (χ3n) is 6.95. The fourth-order valence-electron chi connectivity index (χ4n) is 5.22. The second-order valence-corrected chi connectivity index (χ2v) is 10.4. The molecule has 2 heterocycles. The largest absolute Gasteiger partial charge is 0.416 e. The number of Topliss-reactive ketones (excluding diaryl/α,β-unsaturated/α-hetero) is 1. The second-order valence-electron chi connectivity index (χ2n) is 9.43. The zero-order valence-corrected chi connectivity index (χ0v) is 21.1. The van der Waals surface area contributed by atoms with E-state index in [0.717, 1.165) is 33.8 Å². The summed E-state index contributed by atoms with van der Waals surface area (Å²) in [6.45, 7) is 3.71. The molecule has 2 aromatic carbocycles. The van der Waals surface area contributed by atoms with Crippen LogP contribution in [0.4, 0.5) is 18.9 Å². The van der Waals surface area contributed by atoms with Gasteiger partial charge in [0.05, 0.1) is 11.5 Å². The van der Waals surface area contributed by atoms with Gasteiger partial charge in [-0.25, -0.2) is 0 Å². The molecule has 1 aliphatic carbocycles. The number of hydrogen-bond acceptors (Lipinski definition) is 4. The summed E-state index contributed by atoms with van der Waals surface area (Å²) >= 11 is 1.47. The number of alkyl halides is 3. The Kier molecular flexibility index (Phi) is 6.54. The Balaban J connectivity index is 1.53. The highest BCUT2D eigenvalue weighted by atomic mass is 32.1. The van der Waals surface area contributed by atoms with Crippen molar-refractivity contribution in [3.8, 4) is 0 Å². The molecule has 1 aromatic heterocycles. The van der Waals surface area contributed by atoms with Crippen LogP contribution in [0.2, 0.25) is 0 Å². The molecule has 0 bridgehead atoms. The lowest BCUT2D eigenvalue weighted by Gasteiger charge is -2.36. The molecule has 0 radical (unpaired) electrons. The highest BCUT2D eigenvalue weighted by Gasteiger charge is 2.42. The van der Waals surface area contributed by atoms with Crippen molar-refractivity contribution in [3.63, 3.8) is 0 Å². The number of carbonyl (C=O) groups excluding carboxylic acids is 2. The van der Waals surface area contributed by atoms with Gasteiger partial charge >= 0.3 is 6.18 Å². The van der Waals surface area contributed by atoms with Crippen LogP contribution in [0.5, 0.6) is 0 Å². The van der Waals surface area contributed by atoms with Gasteiger partial charge in [0.15, 0.2) is 5.78 Å². The maximum atomic E-state index is 13.6. The number of thiophene rings is 1. The molecule has 0 saturated carbocycles. The van der Waals surface area contributed by atoms with Crippen LogP contribution in [0.25, 0.3) is 0 Å². The van der Waals surface area contributed by atoms with E-state index in [9.17, 15) is 22.8 Å². The van der Waals surface area contributed by atoms with Crippen LogP contribution in [-0.2, 0) is 15.8 Å². The lowest BCUT2D eigenvalue weighted by atomic mass is 9.73. The first-order chi connectivity index (χ1) is 17.6. The van der Waals surface area contributed by atoms with Gasteiger partial charge in [0.2, 0.25) is 0 Å². The Morgan fingerprint density at radius 2 is 1.78 bits per heavy atom. The number of ketones is 1. The van der Waals surface area contributed by atoms with E-state index in [1.807, 2.05) is 48.7 Å². The first kappa shape index (κ1) is 25.0. The van der Waals surface area contributed by atoms with Crippen molar-refractivity contribution in [2.75, 3.05) is 5.32 Å². The highest BCUT2D eigenvalue weighted by molar-refractivity contribution is 7.10. The van der Waals surface area contributed by atoms with E-state index in [1.54, 1.807) is 6.92 Å². The maximum Gasteiger partial charge on any atom is 0.416 e. The topological polar surface area (TPSA) is 58.2 Å². The molecule has 2 N–H and O–H groups in total. The molecule has 4 nitrogen and oxygen atoms in total. The summed E-state index contributed by atoms with van der Waals surface area (Å²) < 4.78 is 39.7. The standard InChI is InChI=1S/C29H25F3N2O2S/c1-16-11-12-37-27(16)26-24(28(36)34-21-10-6-9-20(15-21)29(30,31)32)17(2)33-22-13-19(14-23(35)25(22)26)18-7-4-3-5-8-18/h3-12,15,19,26,33H,13-14H2,1-2H3,(H,34,36)/t19-,26-/m0/s1. The Morgan fingerprint density at radius 3 is 2.46 bits per heavy atom. The summed E-state index contributed by atoms with van der Waals surface area (Å²) in [5, 5.41) is 7.88. The zero-order chi connectivity index (χ0) is 26.3. The maximum absolute atomic E-state index is 13.6. The Morgan fingerprint density at radius 1 is 1.03 bits per heavy atom. The van der Waals surface area contributed by atoms with Gasteiger partial charge in [0.1, 0.15) is 0 Å². The van der Waals surface area contributed by atoms with Crippen molar-refractivity contribution in [1.82, 2.24) is 5.32 Å². The molecule has 5 rings (SSSR count). The van der Waals surface area contributed by atoms with Crippen LogP contribution in [0.3, 0.4) is 0 Å². The summed E-state index contributed by atoms with van der Waals surface area (Å²) in [5.41, 5.74) is 3.54. The fourth-order valence-corrected chi connectivity index (χ4v) is 6.26. The summed E-state index contributed by atoms with van der Waals surface area (Å²) in [6.07, 6.45) is -3.57. The van der Waals surface area contributed by atoms with E-state index in [-0.39, 0.29) is 17.4 Å². The number of carbonyl (C=O) groups is 2. The fraction of sp³-hybridized carbons (Fsp3) is 0.241. The number of anilines is 1. The quantitative estimate of drug-likeness (QED) is 0.385. The molecule has 0 saturated heterocycles. The number of amides is 1. The predicted octanol–water partition coefficient (Wildman–Crippen LogP) is 7.08. The molecule has 3 aromatic rings. The SMILES string of the molecule is CC1=C(C(=O)Nc2cccc(C(F)(F)F)c2)[C@H](c2sccc2C)C2=C(C[C@H](c3ccccc3)CC2=O)N1. The summed E-state index contributed by atoms with van der Waals surface area (Å²) in [5.74, 6) is -1.13. The van der Waals surface area contributed by atoms with E-state index >= 15 is 0 Å². The van der Waals surface area contributed by atoms with Gasteiger partial charge in [0.25, 0.3) is 5.91 Å². The third-order valence-corrected chi connectivity index (χ3v) is 8.04. The van der Waals surface area contributed by atoms with Crippen LogP contribution >= 0.6 is 11.3 Å². The molecule has 1 aliphatic heterocycles. The zero-order valence-electron chi connectivity index (χ0n) is 20.3. The van der Waals surface area contributed by atoms with Crippen molar-refractivity contribution in [1.29, 1.82) is 0 Å². The molecule has 8 heteroatoms. The van der Waals surface area contributed by atoms with Gasteiger partial charge < -0.3 is 10.6 Å². The van der Waals surface area contributed by atoms with E-state index in [0.29, 0.717) is 29.7 Å². The van der Waals surface area contributed by atoms with Crippen LogP contribution < -0.4 is 10.6 Å². The van der Waals surface area contributed by atoms with Crippen molar-refractivity contribution < 1.29 is 22.8 Å². The molecule has 190 valence electrons. The minimum atomic E-state index is -4.53. The van der Waals surface area contributed by atoms with E-state index in [4.69, 9.17) is 0 Å². The normalized spacial score (nSPS) is 20.0. The smallest absolute Gasteiger partial charge is 0.362 e.